The predicted molar refractivity (Wildman–Crippen MR) is 82.0 cm³/mol. The minimum Gasteiger partial charge on any atom is -0.465 e. The van der Waals surface area contributed by atoms with E-state index in [4.69, 9.17) is 10.5 Å². The van der Waals surface area contributed by atoms with Gasteiger partial charge >= 0.3 is 5.97 Å². The van der Waals surface area contributed by atoms with Gasteiger partial charge < -0.3 is 15.4 Å². The van der Waals surface area contributed by atoms with Crippen molar-refractivity contribution in [2.45, 2.75) is 33.1 Å². The van der Waals surface area contributed by atoms with Crippen LogP contribution < -0.4 is 10.6 Å². The largest absolute Gasteiger partial charge is 0.465 e. The first-order chi connectivity index (χ1) is 9.49. The van der Waals surface area contributed by atoms with Gasteiger partial charge in [0.2, 0.25) is 0 Å². The maximum atomic E-state index is 11.9. The zero-order valence-electron chi connectivity index (χ0n) is 12.6. The molecule has 0 bridgehead atoms. The van der Waals surface area contributed by atoms with Crippen molar-refractivity contribution in [1.29, 1.82) is 0 Å². The molecule has 1 heterocycles. The highest BCUT2D eigenvalue weighted by Crippen LogP contribution is 2.36. The van der Waals surface area contributed by atoms with E-state index in [9.17, 15) is 4.79 Å². The van der Waals surface area contributed by atoms with Gasteiger partial charge in [0, 0.05) is 18.8 Å². The van der Waals surface area contributed by atoms with Gasteiger partial charge in [-0.25, -0.2) is 4.79 Å². The zero-order chi connectivity index (χ0) is 14.8. The molecule has 110 valence electrons. The number of anilines is 2. The van der Waals surface area contributed by atoms with Crippen LogP contribution in [0.25, 0.3) is 0 Å². The Morgan fingerprint density at radius 1 is 1.40 bits per heavy atom. The lowest BCUT2D eigenvalue weighted by molar-refractivity contribution is 0.0601. The average molecular weight is 276 g/mol. The number of benzene rings is 1. The summed E-state index contributed by atoms with van der Waals surface area (Å²) in [6, 6.07) is 5.47. The van der Waals surface area contributed by atoms with E-state index in [1.807, 2.05) is 12.1 Å². The summed E-state index contributed by atoms with van der Waals surface area (Å²) in [6.07, 6.45) is 3.50. The number of piperidine rings is 1. The number of hydrogen-bond acceptors (Lipinski definition) is 4. The van der Waals surface area contributed by atoms with Gasteiger partial charge in [-0.3, -0.25) is 0 Å². The Hall–Kier alpha value is -1.71. The van der Waals surface area contributed by atoms with Crippen LogP contribution in [-0.4, -0.2) is 26.2 Å². The Morgan fingerprint density at radius 2 is 2.05 bits per heavy atom. The van der Waals surface area contributed by atoms with Crippen molar-refractivity contribution in [1.82, 2.24) is 0 Å². The Kier molecular flexibility index (Phi) is 4.21. The highest BCUT2D eigenvalue weighted by Gasteiger charge is 2.29. The van der Waals surface area contributed by atoms with Crippen molar-refractivity contribution in [2.75, 3.05) is 30.8 Å². The monoisotopic (exact) mass is 276 g/mol. The van der Waals surface area contributed by atoms with Gasteiger partial charge in [0.05, 0.1) is 18.4 Å². The molecular weight excluding hydrogens is 252 g/mol. The maximum absolute atomic E-state index is 11.9. The molecule has 0 aromatic heterocycles. The number of nitrogens with zero attached hydrogens (tertiary/aromatic N) is 1. The minimum absolute atomic E-state index is 0.323. The summed E-state index contributed by atoms with van der Waals surface area (Å²) in [4.78, 5) is 14.2. The Balaban J connectivity index is 2.24. The molecule has 1 saturated heterocycles. The van der Waals surface area contributed by atoms with E-state index in [0.717, 1.165) is 31.6 Å². The molecule has 2 rings (SSSR count). The van der Waals surface area contributed by atoms with Crippen LogP contribution in [-0.2, 0) is 4.74 Å². The lowest BCUT2D eigenvalue weighted by Crippen LogP contribution is -2.39. The molecule has 1 aliphatic heterocycles. The standard InChI is InChI=1S/C16H24N2O2/c1-4-16(2)7-9-18(10-8-16)14-6-5-12(17)11-13(14)15(19)20-3/h5-6,11H,4,7-10,17H2,1-3H3. The lowest BCUT2D eigenvalue weighted by Gasteiger charge is -2.40. The van der Waals surface area contributed by atoms with E-state index in [2.05, 4.69) is 18.7 Å². The molecule has 0 saturated carbocycles. The molecule has 1 aromatic carbocycles. The van der Waals surface area contributed by atoms with Crippen LogP contribution in [0.4, 0.5) is 11.4 Å². The van der Waals surface area contributed by atoms with Crippen LogP contribution in [0.5, 0.6) is 0 Å². The van der Waals surface area contributed by atoms with Crippen LogP contribution >= 0.6 is 0 Å². The third kappa shape index (κ3) is 2.89. The fraction of sp³-hybridized carbons (Fsp3) is 0.562. The van der Waals surface area contributed by atoms with Gasteiger partial charge in [-0.1, -0.05) is 20.3 Å². The van der Waals surface area contributed by atoms with Crippen LogP contribution in [0.1, 0.15) is 43.5 Å². The molecular formula is C16H24N2O2. The summed E-state index contributed by atoms with van der Waals surface area (Å²) in [5.41, 5.74) is 8.30. The third-order valence-corrected chi connectivity index (χ3v) is 4.59. The molecule has 0 unspecified atom stereocenters. The second-order valence-corrected chi connectivity index (χ2v) is 5.92. The van der Waals surface area contributed by atoms with Crippen molar-refractivity contribution in [2.24, 2.45) is 5.41 Å². The summed E-state index contributed by atoms with van der Waals surface area (Å²) < 4.78 is 4.86. The number of nitrogen functional groups attached to an aromatic ring is 1. The van der Waals surface area contributed by atoms with Gasteiger partial charge in [-0.05, 0) is 36.5 Å². The second-order valence-electron chi connectivity index (χ2n) is 5.92. The summed E-state index contributed by atoms with van der Waals surface area (Å²) in [6.45, 7) is 6.53. The van der Waals surface area contributed by atoms with Crippen molar-refractivity contribution in [3.05, 3.63) is 23.8 Å². The van der Waals surface area contributed by atoms with E-state index in [0.29, 0.717) is 16.7 Å². The van der Waals surface area contributed by atoms with Gasteiger partial charge in [-0.2, -0.15) is 0 Å². The van der Waals surface area contributed by atoms with Crippen molar-refractivity contribution in [3.63, 3.8) is 0 Å². The number of carbonyl (C=O) groups excluding carboxylic acids is 1. The molecule has 0 amide bonds. The van der Waals surface area contributed by atoms with Gasteiger partial charge in [0.25, 0.3) is 0 Å². The molecule has 0 aliphatic carbocycles. The average Bonchev–Trinajstić information content (AvgIpc) is 2.47. The van der Waals surface area contributed by atoms with Crippen LogP contribution in [0, 0.1) is 5.41 Å². The fourth-order valence-electron chi connectivity index (χ4n) is 2.74. The van der Waals surface area contributed by atoms with Crippen LogP contribution in [0.15, 0.2) is 18.2 Å². The second kappa shape index (κ2) is 5.73. The summed E-state index contributed by atoms with van der Waals surface area (Å²) in [5.74, 6) is -0.323. The number of rotatable bonds is 3. The number of carbonyl (C=O) groups is 1. The SMILES string of the molecule is CCC1(C)CCN(c2ccc(N)cc2C(=O)OC)CC1. The summed E-state index contributed by atoms with van der Waals surface area (Å²) in [7, 11) is 1.40. The van der Waals surface area contributed by atoms with E-state index >= 15 is 0 Å². The molecule has 0 spiro atoms. The van der Waals surface area contributed by atoms with Gasteiger partial charge in [0.15, 0.2) is 0 Å². The Morgan fingerprint density at radius 3 is 2.60 bits per heavy atom. The fourth-order valence-corrected chi connectivity index (χ4v) is 2.74. The van der Waals surface area contributed by atoms with Crippen LogP contribution in [0.2, 0.25) is 0 Å². The van der Waals surface area contributed by atoms with Crippen LogP contribution in [0.3, 0.4) is 0 Å². The molecule has 1 fully saturated rings. The first-order valence-corrected chi connectivity index (χ1v) is 7.22. The maximum Gasteiger partial charge on any atom is 0.340 e. The van der Waals surface area contributed by atoms with E-state index in [1.165, 1.54) is 13.5 Å². The molecule has 0 radical (unpaired) electrons. The van der Waals surface area contributed by atoms with E-state index in [-0.39, 0.29) is 5.97 Å². The van der Waals surface area contributed by atoms with Crippen molar-refractivity contribution < 1.29 is 9.53 Å². The molecule has 20 heavy (non-hydrogen) atoms. The lowest BCUT2D eigenvalue weighted by atomic mass is 9.78. The Bertz CT molecular complexity index is 491. The third-order valence-electron chi connectivity index (χ3n) is 4.59. The normalized spacial score (nSPS) is 17.9. The first-order valence-electron chi connectivity index (χ1n) is 7.22. The Labute approximate surface area is 120 Å². The highest BCUT2D eigenvalue weighted by atomic mass is 16.5. The number of esters is 1. The minimum atomic E-state index is -0.323. The summed E-state index contributed by atoms with van der Waals surface area (Å²) in [5, 5.41) is 0. The molecule has 1 aliphatic rings. The number of nitrogens with two attached hydrogens (primary N) is 1. The van der Waals surface area contributed by atoms with Gasteiger partial charge in [-0.15, -0.1) is 0 Å². The van der Waals surface area contributed by atoms with E-state index < -0.39 is 0 Å². The molecule has 2 N–H and O–H groups in total. The molecule has 4 nitrogen and oxygen atoms in total. The first kappa shape index (κ1) is 14.7. The van der Waals surface area contributed by atoms with Crippen molar-refractivity contribution >= 4 is 17.3 Å². The highest BCUT2D eigenvalue weighted by molar-refractivity contribution is 5.97. The quantitative estimate of drug-likeness (QED) is 0.681. The molecule has 4 heteroatoms. The summed E-state index contributed by atoms with van der Waals surface area (Å²) >= 11 is 0. The number of ether oxygens (including phenoxy) is 1. The zero-order valence-corrected chi connectivity index (χ0v) is 12.6. The molecule has 0 atom stereocenters. The topological polar surface area (TPSA) is 55.6 Å². The smallest absolute Gasteiger partial charge is 0.340 e. The van der Waals surface area contributed by atoms with Gasteiger partial charge in [0.1, 0.15) is 0 Å². The number of methoxy groups -OCH3 is 1. The predicted octanol–water partition coefficient (Wildman–Crippen LogP) is 3.07. The number of hydrogen-bond donors (Lipinski definition) is 1. The molecule has 1 aromatic rings. The van der Waals surface area contributed by atoms with E-state index in [1.54, 1.807) is 6.07 Å². The van der Waals surface area contributed by atoms with Crippen molar-refractivity contribution in [3.8, 4) is 0 Å².